The molecule has 28 heavy (non-hydrogen) atoms. The number of rotatable bonds is 4. The van der Waals surface area contributed by atoms with Gasteiger partial charge in [-0.2, -0.15) is 0 Å². The van der Waals surface area contributed by atoms with Crippen LogP contribution >= 0.6 is 0 Å². The Hall–Kier alpha value is -3.30. The Bertz CT molecular complexity index is 1040. The minimum atomic E-state index is -1.22. The number of aryl methyl sites for hydroxylation is 1. The number of hydrogen-bond acceptors (Lipinski definition) is 7. The summed E-state index contributed by atoms with van der Waals surface area (Å²) in [5, 5.41) is 14.6. The fourth-order valence-electron chi connectivity index (χ4n) is 3.64. The lowest BCUT2D eigenvalue weighted by Crippen LogP contribution is -2.21. The zero-order valence-electron chi connectivity index (χ0n) is 15.1. The normalized spacial score (nSPS) is 19.1. The van der Waals surface area contributed by atoms with E-state index in [0.717, 1.165) is 6.07 Å². The van der Waals surface area contributed by atoms with Crippen LogP contribution < -0.4 is 5.32 Å². The number of nitro groups is 1. The highest BCUT2D eigenvalue weighted by Gasteiger charge is 2.38. The number of halogens is 2. The Labute approximate surface area is 158 Å². The van der Waals surface area contributed by atoms with Gasteiger partial charge in [-0.1, -0.05) is 0 Å². The van der Waals surface area contributed by atoms with Gasteiger partial charge >= 0.3 is 5.69 Å². The van der Waals surface area contributed by atoms with Crippen LogP contribution in [-0.4, -0.2) is 27.3 Å². The summed E-state index contributed by atoms with van der Waals surface area (Å²) in [7, 11) is 0. The first-order valence-corrected chi connectivity index (χ1v) is 8.65. The summed E-state index contributed by atoms with van der Waals surface area (Å²) in [6.45, 7) is 3.11. The van der Waals surface area contributed by atoms with Gasteiger partial charge in [0.2, 0.25) is 5.95 Å². The van der Waals surface area contributed by atoms with Crippen molar-refractivity contribution in [2.75, 3.05) is 5.32 Å². The third kappa shape index (κ3) is 2.90. The summed E-state index contributed by atoms with van der Waals surface area (Å²) in [6, 6.07) is 1.75. The van der Waals surface area contributed by atoms with E-state index in [9.17, 15) is 18.9 Å². The molecule has 1 aromatic carbocycles. The highest BCUT2D eigenvalue weighted by Crippen LogP contribution is 2.38. The molecule has 0 fully saturated rings. The molecule has 1 aliphatic carbocycles. The van der Waals surface area contributed by atoms with E-state index in [-0.39, 0.29) is 23.0 Å². The Morgan fingerprint density at radius 3 is 2.64 bits per heavy atom. The predicted octanol–water partition coefficient (Wildman–Crippen LogP) is 3.40. The van der Waals surface area contributed by atoms with Gasteiger partial charge in [-0.15, -0.1) is 0 Å². The van der Waals surface area contributed by atoms with E-state index in [0.29, 0.717) is 24.0 Å². The first kappa shape index (κ1) is 18.1. The summed E-state index contributed by atoms with van der Waals surface area (Å²) in [4.78, 5) is 27.9. The maximum atomic E-state index is 14.0. The lowest BCUT2D eigenvalue weighted by molar-refractivity contribution is -0.387. The maximum Gasteiger partial charge on any atom is 0.316 e. The molecular weight excluding hydrogens is 370 g/mol. The minimum absolute atomic E-state index is 0.0566. The first-order valence-electron chi connectivity index (χ1n) is 8.65. The van der Waals surface area contributed by atoms with E-state index in [1.807, 2.05) is 0 Å². The van der Waals surface area contributed by atoms with Gasteiger partial charge in [0.25, 0.3) is 0 Å². The third-order valence-corrected chi connectivity index (χ3v) is 4.96. The quantitative estimate of drug-likeness (QED) is 0.640. The molecule has 1 unspecified atom stereocenters. The van der Waals surface area contributed by atoms with Gasteiger partial charge in [-0.3, -0.25) is 20.1 Å². The summed E-state index contributed by atoms with van der Waals surface area (Å²) < 4.78 is 27.6. The van der Waals surface area contributed by atoms with Crippen molar-refractivity contribution in [3.05, 3.63) is 56.4 Å². The Balaban J connectivity index is 1.75. The lowest BCUT2D eigenvalue weighted by Gasteiger charge is -2.20. The second-order valence-electron chi connectivity index (χ2n) is 6.86. The van der Waals surface area contributed by atoms with Crippen LogP contribution in [0.5, 0.6) is 0 Å². The van der Waals surface area contributed by atoms with E-state index < -0.39 is 28.3 Å². The average Bonchev–Trinajstić information content (AvgIpc) is 3.22. The van der Waals surface area contributed by atoms with Crippen molar-refractivity contribution >= 4 is 24.1 Å². The highest BCUT2D eigenvalue weighted by molar-refractivity contribution is 6.17. The summed E-state index contributed by atoms with van der Waals surface area (Å²) >= 11 is 0. The molecule has 1 N–H and O–H groups in total. The zero-order chi connectivity index (χ0) is 20.1. The fraction of sp³-hybridized carbons (Fsp3) is 0.333. The largest absolute Gasteiger partial charge is 0.347 e. The van der Waals surface area contributed by atoms with Gasteiger partial charge in [0.05, 0.1) is 11.0 Å². The van der Waals surface area contributed by atoms with Gasteiger partial charge in [0.1, 0.15) is 17.3 Å². The fourth-order valence-corrected chi connectivity index (χ4v) is 3.64. The van der Waals surface area contributed by atoms with E-state index in [1.165, 1.54) is 25.4 Å². The number of fused-ring (bicyclic) bond motifs is 1. The van der Waals surface area contributed by atoms with Crippen molar-refractivity contribution in [1.29, 1.82) is 0 Å². The van der Waals surface area contributed by atoms with Gasteiger partial charge in [-0.25, -0.2) is 18.7 Å². The van der Waals surface area contributed by atoms with Crippen molar-refractivity contribution in [1.82, 2.24) is 9.97 Å². The molecule has 2 aliphatic rings. The summed E-state index contributed by atoms with van der Waals surface area (Å²) in [5.41, 5.74) is -0.316. The second kappa shape index (κ2) is 6.39. The van der Waals surface area contributed by atoms with Gasteiger partial charge in [-0.05, 0) is 43.9 Å². The Morgan fingerprint density at radius 1 is 1.25 bits per heavy atom. The molecule has 0 saturated heterocycles. The van der Waals surface area contributed by atoms with Gasteiger partial charge in [0.15, 0.2) is 11.4 Å². The zero-order valence-corrected chi connectivity index (χ0v) is 15.1. The molecule has 1 aliphatic heterocycles. The van der Waals surface area contributed by atoms with Crippen molar-refractivity contribution in [2.45, 2.75) is 38.4 Å². The van der Waals surface area contributed by atoms with Crippen LogP contribution in [0, 0.1) is 28.7 Å². The van der Waals surface area contributed by atoms with Crippen LogP contribution in [0.25, 0.3) is 0 Å². The van der Waals surface area contributed by atoms with Gasteiger partial charge in [0, 0.05) is 18.5 Å². The Morgan fingerprint density at radius 2 is 1.96 bits per heavy atom. The molecule has 8 nitrogen and oxygen atoms in total. The van der Waals surface area contributed by atoms with Crippen molar-refractivity contribution in [3.63, 3.8) is 0 Å². The number of aliphatic imine (C=N–C) groups is 2. The second-order valence-corrected chi connectivity index (χ2v) is 6.86. The van der Waals surface area contributed by atoms with Crippen molar-refractivity contribution < 1.29 is 13.7 Å². The third-order valence-electron chi connectivity index (χ3n) is 4.96. The number of benzene rings is 1. The van der Waals surface area contributed by atoms with Crippen LogP contribution in [0.15, 0.2) is 22.1 Å². The van der Waals surface area contributed by atoms with E-state index in [1.54, 1.807) is 6.92 Å². The molecule has 0 radical (unpaired) electrons. The predicted molar refractivity (Wildman–Crippen MR) is 98.8 cm³/mol. The molecule has 0 bridgehead atoms. The average molecular weight is 386 g/mol. The number of nitrogens with zero attached hydrogens (tertiary/aromatic N) is 5. The van der Waals surface area contributed by atoms with E-state index in [4.69, 9.17) is 0 Å². The smallest absolute Gasteiger partial charge is 0.316 e. The molecule has 0 amide bonds. The minimum Gasteiger partial charge on any atom is -0.347 e. The molecule has 2 aromatic rings. The van der Waals surface area contributed by atoms with Crippen molar-refractivity contribution in [3.8, 4) is 0 Å². The lowest BCUT2D eigenvalue weighted by atomic mass is 10.1. The van der Waals surface area contributed by atoms with E-state index >= 15 is 0 Å². The molecule has 4 rings (SSSR count). The molecule has 10 heteroatoms. The molecule has 0 spiro atoms. The topological polar surface area (TPSA) is 106 Å². The van der Waals surface area contributed by atoms with E-state index in [2.05, 4.69) is 25.3 Å². The van der Waals surface area contributed by atoms with Gasteiger partial charge < -0.3 is 5.32 Å². The maximum absolute atomic E-state index is 14.0. The number of hydrogen-bond donors (Lipinski definition) is 1. The van der Waals surface area contributed by atoms with Crippen LogP contribution in [-0.2, 0) is 12.1 Å². The highest BCUT2D eigenvalue weighted by atomic mass is 19.1. The first-order chi connectivity index (χ1) is 13.3. The van der Waals surface area contributed by atoms with Crippen molar-refractivity contribution in [2.24, 2.45) is 9.98 Å². The SMILES string of the molecule is Cc1nc(NC2CCc3c(F)cc(F)cc32)nc(C2(C)N=CC=N2)c1[N+](=O)[O-]. The number of nitrogens with one attached hydrogen (secondary N) is 1. The van der Waals surface area contributed by atoms with Crippen LogP contribution in [0.4, 0.5) is 20.4 Å². The standard InChI is InChI=1S/C18H16F2N6O2/c1-9-15(26(27)28)16(18(2)21-5-6-22-18)25-17(23-9)24-14-4-3-11-12(14)7-10(19)8-13(11)20/h5-8,14H,3-4H2,1-2H3,(H,23,24,25). The Kier molecular flexibility index (Phi) is 4.13. The van der Waals surface area contributed by atoms with Crippen LogP contribution in [0.1, 0.15) is 41.9 Å². The summed E-state index contributed by atoms with van der Waals surface area (Å²) in [5.74, 6) is -1.12. The molecule has 144 valence electrons. The molecule has 0 saturated carbocycles. The number of aromatic nitrogens is 2. The molecule has 1 aromatic heterocycles. The van der Waals surface area contributed by atoms with Crippen LogP contribution in [0.2, 0.25) is 0 Å². The monoisotopic (exact) mass is 386 g/mol. The molecular formula is C18H16F2N6O2. The molecule has 1 atom stereocenters. The molecule has 2 heterocycles. The summed E-state index contributed by atoms with van der Waals surface area (Å²) in [6.07, 6.45) is 3.88. The number of anilines is 1. The van der Waals surface area contributed by atoms with Crippen LogP contribution in [0.3, 0.4) is 0 Å².